The second kappa shape index (κ2) is 5.17. The Bertz CT molecular complexity index is 365. The van der Waals surface area contributed by atoms with Crippen molar-refractivity contribution in [2.45, 2.75) is 26.3 Å². The van der Waals surface area contributed by atoms with Gasteiger partial charge in [0.05, 0.1) is 0 Å². The van der Waals surface area contributed by atoms with E-state index in [2.05, 4.69) is 77.8 Å². The smallest absolute Gasteiger partial charge is 0.0357 e. The van der Waals surface area contributed by atoms with Gasteiger partial charge in [-0.05, 0) is 58.4 Å². The molecule has 1 aromatic rings. The first-order valence-corrected chi connectivity index (χ1v) is 7.88. The summed E-state index contributed by atoms with van der Waals surface area (Å²) in [5.41, 5.74) is 1.73. The SMILES string of the molecule is CC1(C)CSCC(Nc2cccc(I)c2)C1. The average Bonchev–Trinajstić information content (AvgIpc) is 2.15. The van der Waals surface area contributed by atoms with E-state index in [1.54, 1.807) is 0 Å². The Morgan fingerprint density at radius 3 is 2.94 bits per heavy atom. The maximum absolute atomic E-state index is 3.65. The van der Waals surface area contributed by atoms with Crippen LogP contribution >= 0.6 is 34.4 Å². The van der Waals surface area contributed by atoms with Crippen LogP contribution in [0.15, 0.2) is 24.3 Å². The molecule has 0 spiro atoms. The highest BCUT2D eigenvalue weighted by Gasteiger charge is 2.28. The van der Waals surface area contributed by atoms with E-state index in [0.29, 0.717) is 11.5 Å². The predicted molar refractivity (Wildman–Crippen MR) is 82.3 cm³/mol. The van der Waals surface area contributed by atoms with Gasteiger partial charge >= 0.3 is 0 Å². The molecule has 1 N–H and O–H groups in total. The highest BCUT2D eigenvalue weighted by Crippen LogP contribution is 2.34. The van der Waals surface area contributed by atoms with Crippen LogP contribution in [0.3, 0.4) is 0 Å². The van der Waals surface area contributed by atoms with Crippen molar-refractivity contribution in [2.75, 3.05) is 16.8 Å². The van der Waals surface area contributed by atoms with Crippen LogP contribution < -0.4 is 5.32 Å². The van der Waals surface area contributed by atoms with Crippen LogP contribution in [0.1, 0.15) is 20.3 Å². The highest BCUT2D eigenvalue weighted by molar-refractivity contribution is 14.1. The molecule has 0 aliphatic carbocycles. The summed E-state index contributed by atoms with van der Waals surface area (Å²) in [6.45, 7) is 4.73. The first-order valence-electron chi connectivity index (χ1n) is 5.65. The van der Waals surface area contributed by atoms with Gasteiger partial charge in [0.1, 0.15) is 0 Å². The van der Waals surface area contributed by atoms with Crippen LogP contribution in [-0.4, -0.2) is 17.5 Å². The van der Waals surface area contributed by atoms with Crippen LogP contribution in [0.2, 0.25) is 0 Å². The molecule has 1 aliphatic rings. The molecule has 1 atom stereocenters. The summed E-state index contributed by atoms with van der Waals surface area (Å²) >= 11 is 4.43. The monoisotopic (exact) mass is 347 g/mol. The van der Waals surface area contributed by atoms with E-state index >= 15 is 0 Å². The zero-order valence-corrected chi connectivity index (χ0v) is 12.8. The lowest BCUT2D eigenvalue weighted by Gasteiger charge is -2.35. The molecule has 1 unspecified atom stereocenters. The molecule has 0 aromatic heterocycles. The van der Waals surface area contributed by atoms with Crippen molar-refractivity contribution in [3.63, 3.8) is 0 Å². The van der Waals surface area contributed by atoms with E-state index in [4.69, 9.17) is 0 Å². The number of hydrogen-bond donors (Lipinski definition) is 1. The van der Waals surface area contributed by atoms with Crippen LogP contribution in [0.25, 0.3) is 0 Å². The number of anilines is 1. The molecule has 2 rings (SSSR count). The van der Waals surface area contributed by atoms with E-state index < -0.39 is 0 Å². The molecule has 0 radical (unpaired) electrons. The van der Waals surface area contributed by atoms with Crippen molar-refractivity contribution in [3.05, 3.63) is 27.8 Å². The lowest BCUT2D eigenvalue weighted by molar-refractivity contribution is 0.358. The quantitative estimate of drug-likeness (QED) is 0.804. The van der Waals surface area contributed by atoms with Gasteiger partial charge in [-0.15, -0.1) is 0 Å². The van der Waals surface area contributed by atoms with Crippen LogP contribution in [0.5, 0.6) is 0 Å². The first-order chi connectivity index (χ1) is 7.55. The Balaban J connectivity index is 1.99. The Kier molecular flexibility index (Phi) is 4.06. The number of hydrogen-bond acceptors (Lipinski definition) is 2. The molecular weight excluding hydrogens is 329 g/mol. The van der Waals surface area contributed by atoms with E-state index in [0.717, 1.165) is 0 Å². The molecule has 88 valence electrons. The molecule has 0 amide bonds. The molecule has 1 heterocycles. The Hall–Kier alpha value is 0.100. The minimum atomic E-state index is 0.475. The zero-order valence-electron chi connectivity index (χ0n) is 9.79. The maximum Gasteiger partial charge on any atom is 0.0357 e. The van der Waals surface area contributed by atoms with Gasteiger partial charge in [0.15, 0.2) is 0 Å². The van der Waals surface area contributed by atoms with Crippen LogP contribution in [0.4, 0.5) is 5.69 Å². The van der Waals surface area contributed by atoms with Gasteiger partial charge in [-0.3, -0.25) is 0 Å². The molecule has 16 heavy (non-hydrogen) atoms. The van der Waals surface area contributed by atoms with E-state index in [1.807, 2.05) is 0 Å². The second-order valence-electron chi connectivity index (χ2n) is 5.24. The molecule has 1 nitrogen and oxygen atoms in total. The second-order valence-corrected chi connectivity index (χ2v) is 7.51. The third-order valence-corrected chi connectivity index (χ3v) is 5.10. The summed E-state index contributed by atoms with van der Waals surface area (Å²) in [5.74, 6) is 2.52. The molecule has 1 saturated heterocycles. The van der Waals surface area contributed by atoms with Gasteiger partial charge in [-0.1, -0.05) is 19.9 Å². The highest BCUT2D eigenvalue weighted by atomic mass is 127. The summed E-state index contributed by atoms with van der Waals surface area (Å²) < 4.78 is 1.30. The van der Waals surface area contributed by atoms with Crippen molar-refractivity contribution in [1.82, 2.24) is 0 Å². The van der Waals surface area contributed by atoms with Gasteiger partial charge < -0.3 is 5.32 Å². The van der Waals surface area contributed by atoms with Gasteiger partial charge in [-0.2, -0.15) is 11.8 Å². The maximum atomic E-state index is 3.65. The summed E-state index contributed by atoms with van der Waals surface area (Å²) in [6, 6.07) is 9.24. The van der Waals surface area contributed by atoms with Gasteiger partial charge in [0.25, 0.3) is 0 Å². The molecule has 0 saturated carbocycles. The molecule has 1 aliphatic heterocycles. The molecule has 3 heteroatoms. The number of halogens is 1. The predicted octanol–water partition coefficient (Wildman–Crippen LogP) is 4.23. The van der Waals surface area contributed by atoms with Crippen LogP contribution in [0, 0.1) is 8.99 Å². The fourth-order valence-corrected chi connectivity index (χ4v) is 3.99. The van der Waals surface area contributed by atoms with Crippen LogP contribution in [-0.2, 0) is 0 Å². The largest absolute Gasteiger partial charge is 0.381 e. The van der Waals surface area contributed by atoms with E-state index in [9.17, 15) is 0 Å². The average molecular weight is 347 g/mol. The van der Waals surface area contributed by atoms with Crippen molar-refractivity contribution in [2.24, 2.45) is 5.41 Å². The minimum Gasteiger partial charge on any atom is -0.381 e. The van der Waals surface area contributed by atoms with Gasteiger partial charge in [-0.25, -0.2) is 0 Å². The molecule has 1 fully saturated rings. The van der Waals surface area contributed by atoms with E-state index in [1.165, 1.54) is 27.2 Å². The standard InChI is InChI=1S/C13H18INS/c1-13(2)7-12(8-16-9-13)15-11-5-3-4-10(14)6-11/h3-6,12,15H,7-9H2,1-2H3. The topological polar surface area (TPSA) is 12.0 Å². The van der Waals surface area contributed by atoms with Crippen molar-refractivity contribution >= 4 is 40.0 Å². The van der Waals surface area contributed by atoms with Crippen molar-refractivity contribution in [3.8, 4) is 0 Å². The Morgan fingerprint density at radius 2 is 2.25 bits per heavy atom. The molecule has 0 bridgehead atoms. The summed E-state index contributed by atoms with van der Waals surface area (Å²) in [4.78, 5) is 0. The van der Waals surface area contributed by atoms with Crippen molar-refractivity contribution < 1.29 is 0 Å². The Morgan fingerprint density at radius 1 is 1.44 bits per heavy atom. The Labute approximate surface area is 116 Å². The number of rotatable bonds is 2. The van der Waals surface area contributed by atoms with E-state index in [-0.39, 0.29) is 0 Å². The summed E-state index contributed by atoms with van der Waals surface area (Å²) in [5, 5.41) is 3.65. The summed E-state index contributed by atoms with van der Waals surface area (Å²) in [7, 11) is 0. The first kappa shape index (κ1) is 12.6. The number of benzene rings is 1. The molecule has 1 aromatic carbocycles. The van der Waals surface area contributed by atoms with Gasteiger partial charge in [0.2, 0.25) is 0 Å². The lowest BCUT2D eigenvalue weighted by atomic mass is 9.88. The normalized spacial score (nSPS) is 24.1. The third-order valence-electron chi connectivity index (χ3n) is 2.81. The fraction of sp³-hybridized carbons (Fsp3) is 0.538. The minimum absolute atomic E-state index is 0.475. The number of thioether (sulfide) groups is 1. The summed E-state index contributed by atoms with van der Waals surface area (Å²) in [6.07, 6.45) is 1.27. The zero-order chi connectivity index (χ0) is 11.6. The third kappa shape index (κ3) is 3.55. The number of nitrogens with one attached hydrogen (secondary N) is 1. The lowest BCUT2D eigenvalue weighted by Crippen LogP contribution is -2.35. The molecular formula is C13H18INS. The fourth-order valence-electron chi connectivity index (χ4n) is 2.17. The van der Waals surface area contributed by atoms with Crippen molar-refractivity contribution in [1.29, 1.82) is 0 Å². The van der Waals surface area contributed by atoms with Gasteiger partial charge in [0, 0.05) is 21.1 Å².